The summed E-state index contributed by atoms with van der Waals surface area (Å²) in [5.41, 5.74) is 2.52. The molecule has 1 heterocycles. The molecule has 22 heavy (non-hydrogen) atoms. The summed E-state index contributed by atoms with van der Waals surface area (Å²) >= 11 is 3.33. The van der Waals surface area contributed by atoms with E-state index in [9.17, 15) is 5.11 Å². The van der Waals surface area contributed by atoms with E-state index in [0.717, 1.165) is 11.1 Å². The fraction of sp³-hybridized carbons (Fsp3) is 0.0625. The van der Waals surface area contributed by atoms with Crippen LogP contribution in [0, 0.1) is 11.3 Å². The Bertz CT molecular complexity index is 822. The minimum Gasteiger partial charge on any atom is -0.507 e. The van der Waals surface area contributed by atoms with Crippen molar-refractivity contribution in [3.8, 4) is 11.8 Å². The van der Waals surface area contributed by atoms with Gasteiger partial charge in [-0.15, -0.1) is 0 Å². The van der Waals surface area contributed by atoms with E-state index in [2.05, 4.69) is 32.1 Å². The molecule has 0 bridgehead atoms. The lowest BCUT2D eigenvalue weighted by atomic mass is 9.98. The van der Waals surface area contributed by atoms with Crippen LogP contribution in [0.1, 0.15) is 22.7 Å². The maximum absolute atomic E-state index is 9.68. The first-order valence-electron chi connectivity index (χ1n) is 6.51. The molecule has 0 saturated carbocycles. The SMILES string of the molecule is N#Cc1ccc([C@H](c2ccc(O)c(Br)c2)n2cncn2)cc1. The van der Waals surface area contributed by atoms with Crippen molar-refractivity contribution in [2.24, 2.45) is 0 Å². The Balaban J connectivity index is 2.11. The van der Waals surface area contributed by atoms with Crippen molar-refractivity contribution in [1.29, 1.82) is 5.26 Å². The van der Waals surface area contributed by atoms with Gasteiger partial charge in [-0.05, 0) is 51.3 Å². The van der Waals surface area contributed by atoms with E-state index in [4.69, 9.17) is 5.26 Å². The number of hydrogen-bond donors (Lipinski definition) is 1. The second-order valence-corrected chi connectivity index (χ2v) is 5.58. The van der Waals surface area contributed by atoms with E-state index >= 15 is 0 Å². The van der Waals surface area contributed by atoms with Crippen LogP contribution in [0.2, 0.25) is 0 Å². The van der Waals surface area contributed by atoms with Gasteiger partial charge >= 0.3 is 0 Å². The van der Waals surface area contributed by atoms with Crippen molar-refractivity contribution in [1.82, 2.24) is 14.8 Å². The Labute approximate surface area is 135 Å². The number of nitriles is 1. The van der Waals surface area contributed by atoms with E-state index in [0.29, 0.717) is 10.0 Å². The van der Waals surface area contributed by atoms with Crippen molar-refractivity contribution < 1.29 is 5.11 Å². The minimum absolute atomic E-state index is 0.181. The van der Waals surface area contributed by atoms with E-state index in [1.165, 1.54) is 6.33 Å². The molecule has 5 nitrogen and oxygen atoms in total. The molecule has 0 saturated heterocycles. The second kappa shape index (κ2) is 6.00. The predicted octanol–water partition coefficient (Wildman–Crippen LogP) is 3.26. The van der Waals surface area contributed by atoms with Crippen LogP contribution in [0.5, 0.6) is 5.75 Å². The average molecular weight is 355 g/mol. The maximum atomic E-state index is 9.68. The highest BCUT2D eigenvalue weighted by Gasteiger charge is 2.18. The monoisotopic (exact) mass is 354 g/mol. The van der Waals surface area contributed by atoms with Crippen LogP contribution in [0.4, 0.5) is 0 Å². The summed E-state index contributed by atoms with van der Waals surface area (Å²) < 4.78 is 2.35. The van der Waals surface area contributed by atoms with Crippen LogP contribution in [0.3, 0.4) is 0 Å². The lowest BCUT2D eigenvalue weighted by Gasteiger charge is -2.18. The van der Waals surface area contributed by atoms with Crippen LogP contribution in [0.25, 0.3) is 0 Å². The molecule has 0 unspecified atom stereocenters. The van der Waals surface area contributed by atoms with Crippen LogP contribution in [-0.4, -0.2) is 19.9 Å². The number of rotatable bonds is 3. The largest absolute Gasteiger partial charge is 0.507 e. The van der Waals surface area contributed by atoms with Gasteiger partial charge in [-0.25, -0.2) is 9.67 Å². The van der Waals surface area contributed by atoms with Crippen LogP contribution in [0.15, 0.2) is 59.6 Å². The van der Waals surface area contributed by atoms with Crippen molar-refractivity contribution in [3.05, 3.63) is 76.3 Å². The molecule has 0 amide bonds. The molecule has 0 aliphatic rings. The Morgan fingerprint density at radius 3 is 2.45 bits per heavy atom. The van der Waals surface area contributed by atoms with Gasteiger partial charge < -0.3 is 5.11 Å². The summed E-state index contributed by atoms with van der Waals surface area (Å²) in [4.78, 5) is 4.01. The quantitative estimate of drug-likeness (QED) is 0.783. The number of halogens is 1. The van der Waals surface area contributed by atoms with Gasteiger partial charge in [0.2, 0.25) is 0 Å². The summed E-state index contributed by atoms with van der Waals surface area (Å²) in [6.07, 6.45) is 3.12. The summed E-state index contributed by atoms with van der Waals surface area (Å²) in [6.45, 7) is 0. The summed E-state index contributed by atoms with van der Waals surface area (Å²) in [6, 6.07) is 14.6. The first-order valence-corrected chi connectivity index (χ1v) is 7.31. The molecule has 0 spiro atoms. The Morgan fingerprint density at radius 1 is 1.14 bits per heavy atom. The highest BCUT2D eigenvalue weighted by molar-refractivity contribution is 9.10. The molecule has 2 aromatic carbocycles. The fourth-order valence-corrected chi connectivity index (χ4v) is 2.68. The highest BCUT2D eigenvalue weighted by atomic mass is 79.9. The number of nitrogens with zero attached hydrogens (tertiary/aromatic N) is 4. The molecular weight excluding hydrogens is 344 g/mol. The molecule has 0 radical (unpaired) electrons. The molecule has 6 heteroatoms. The van der Waals surface area contributed by atoms with E-state index < -0.39 is 0 Å². The molecule has 0 aliphatic carbocycles. The van der Waals surface area contributed by atoms with Gasteiger partial charge in [0.25, 0.3) is 0 Å². The number of aromatic nitrogens is 3. The molecule has 3 aromatic rings. The fourth-order valence-electron chi connectivity index (χ4n) is 2.28. The first-order chi connectivity index (χ1) is 10.7. The molecular formula is C16H11BrN4O. The molecule has 1 N–H and O–H groups in total. The molecule has 0 aliphatic heterocycles. The van der Waals surface area contributed by atoms with Crippen LogP contribution < -0.4 is 0 Å². The zero-order valence-corrected chi connectivity index (χ0v) is 13.0. The zero-order chi connectivity index (χ0) is 15.5. The smallest absolute Gasteiger partial charge is 0.137 e. The Hall–Kier alpha value is -2.65. The Kier molecular flexibility index (Phi) is 3.90. The van der Waals surface area contributed by atoms with Crippen LogP contribution in [-0.2, 0) is 0 Å². The lowest BCUT2D eigenvalue weighted by Crippen LogP contribution is -2.13. The molecule has 1 atom stereocenters. The Morgan fingerprint density at radius 2 is 1.86 bits per heavy atom. The van der Waals surface area contributed by atoms with Gasteiger partial charge in [0, 0.05) is 0 Å². The maximum Gasteiger partial charge on any atom is 0.137 e. The summed E-state index contributed by atoms with van der Waals surface area (Å²) in [5.74, 6) is 0.181. The number of phenolic OH excluding ortho intramolecular Hbond substituents is 1. The normalized spacial score (nSPS) is 11.8. The van der Waals surface area contributed by atoms with Gasteiger partial charge in [-0.2, -0.15) is 10.4 Å². The summed E-state index contributed by atoms with van der Waals surface area (Å²) in [5, 5.41) is 22.8. The predicted molar refractivity (Wildman–Crippen MR) is 84.2 cm³/mol. The van der Waals surface area contributed by atoms with Crippen molar-refractivity contribution in [2.45, 2.75) is 6.04 Å². The molecule has 3 rings (SSSR count). The minimum atomic E-state index is -0.188. The highest BCUT2D eigenvalue weighted by Crippen LogP contribution is 2.31. The van der Waals surface area contributed by atoms with Crippen molar-refractivity contribution >= 4 is 15.9 Å². The topological polar surface area (TPSA) is 74.7 Å². The van der Waals surface area contributed by atoms with Gasteiger partial charge in [0.05, 0.1) is 16.1 Å². The molecule has 108 valence electrons. The van der Waals surface area contributed by atoms with Crippen molar-refractivity contribution in [3.63, 3.8) is 0 Å². The lowest BCUT2D eigenvalue weighted by molar-refractivity contribution is 0.471. The van der Waals surface area contributed by atoms with Gasteiger partial charge in [0.15, 0.2) is 0 Å². The molecule has 0 fully saturated rings. The number of benzene rings is 2. The second-order valence-electron chi connectivity index (χ2n) is 4.72. The average Bonchev–Trinajstić information content (AvgIpc) is 3.06. The van der Waals surface area contributed by atoms with Gasteiger partial charge in [-0.3, -0.25) is 0 Å². The van der Waals surface area contributed by atoms with E-state index in [-0.39, 0.29) is 11.8 Å². The third kappa shape index (κ3) is 2.71. The van der Waals surface area contributed by atoms with Gasteiger partial charge in [-0.1, -0.05) is 18.2 Å². The van der Waals surface area contributed by atoms with Crippen LogP contribution >= 0.6 is 15.9 Å². The number of phenols is 1. The third-order valence-electron chi connectivity index (χ3n) is 3.34. The number of hydrogen-bond acceptors (Lipinski definition) is 4. The van der Waals surface area contributed by atoms with Gasteiger partial charge in [0.1, 0.15) is 24.4 Å². The zero-order valence-electron chi connectivity index (χ0n) is 11.4. The van der Waals surface area contributed by atoms with Crippen molar-refractivity contribution in [2.75, 3.05) is 0 Å². The summed E-state index contributed by atoms with van der Waals surface area (Å²) in [7, 11) is 0. The number of aromatic hydroxyl groups is 1. The third-order valence-corrected chi connectivity index (χ3v) is 3.98. The molecule has 1 aromatic heterocycles. The van der Waals surface area contributed by atoms with E-state index in [1.54, 1.807) is 29.2 Å². The first kappa shape index (κ1) is 14.3. The van der Waals surface area contributed by atoms with E-state index in [1.807, 2.05) is 24.3 Å². The standard InChI is InChI=1S/C16H11BrN4O/c17-14-7-13(5-6-15(14)22)16(21-10-19-9-20-21)12-3-1-11(8-18)2-4-12/h1-7,9-10,16,22H/t16-/m1/s1.